The van der Waals surface area contributed by atoms with Crippen LogP contribution in [0, 0.1) is 5.92 Å². The quantitative estimate of drug-likeness (QED) is 0.859. The molecule has 0 radical (unpaired) electrons. The molecule has 0 saturated heterocycles. The molecule has 0 heterocycles. The van der Waals surface area contributed by atoms with Gasteiger partial charge in [0.25, 0.3) is 0 Å². The summed E-state index contributed by atoms with van der Waals surface area (Å²) in [5.41, 5.74) is -0.554. The van der Waals surface area contributed by atoms with E-state index in [2.05, 4.69) is 5.32 Å². The van der Waals surface area contributed by atoms with Crippen LogP contribution in [0.3, 0.4) is 0 Å². The van der Waals surface area contributed by atoms with Crippen LogP contribution >= 0.6 is 0 Å². The van der Waals surface area contributed by atoms with Gasteiger partial charge in [-0.2, -0.15) is 13.2 Å². The van der Waals surface area contributed by atoms with E-state index in [1.54, 1.807) is 27.8 Å². The molecule has 0 aromatic rings. The standard InChI is InChI=1S/C15H27F3N2O2/c1-14(2,3)22-13(21)20(4)9-8-19-12-7-5-6-11(10-12)15(16,17)18/h11-12,19H,5-10H2,1-4H3. The summed E-state index contributed by atoms with van der Waals surface area (Å²) in [7, 11) is 1.62. The smallest absolute Gasteiger partial charge is 0.410 e. The fraction of sp³-hybridized carbons (Fsp3) is 0.933. The number of nitrogens with zero attached hydrogens (tertiary/aromatic N) is 1. The second-order valence-electron chi connectivity index (χ2n) is 6.96. The van der Waals surface area contributed by atoms with Gasteiger partial charge in [0, 0.05) is 26.2 Å². The van der Waals surface area contributed by atoms with Crippen LogP contribution in [0.2, 0.25) is 0 Å². The summed E-state index contributed by atoms with van der Waals surface area (Å²) < 4.78 is 43.4. The zero-order valence-electron chi connectivity index (χ0n) is 13.8. The van der Waals surface area contributed by atoms with E-state index >= 15 is 0 Å². The van der Waals surface area contributed by atoms with Crippen LogP contribution in [-0.2, 0) is 4.74 Å². The van der Waals surface area contributed by atoms with Crippen LogP contribution < -0.4 is 5.32 Å². The van der Waals surface area contributed by atoms with Gasteiger partial charge in [-0.3, -0.25) is 0 Å². The fourth-order valence-corrected chi connectivity index (χ4v) is 2.54. The number of alkyl halides is 3. The van der Waals surface area contributed by atoms with E-state index in [1.807, 2.05) is 0 Å². The van der Waals surface area contributed by atoms with E-state index in [1.165, 1.54) is 4.90 Å². The van der Waals surface area contributed by atoms with E-state index in [0.29, 0.717) is 19.5 Å². The zero-order valence-corrected chi connectivity index (χ0v) is 13.8. The first kappa shape index (κ1) is 19.1. The monoisotopic (exact) mass is 324 g/mol. The Hall–Kier alpha value is -0.980. The van der Waals surface area contributed by atoms with Crippen molar-refractivity contribution in [3.8, 4) is 0 Å². The Bertz CT molecular complexity index is 367. The van der Waals surface area contributed by atoms with Gasteiger partial charge in [0.1, 0.15) is 5.60 Å². The average molecular weight is 324 g/mol. The first-order valence-electron chi connectivity index (χ1n) is 7.73. The summed E-state index contributed by atoms with van der Waals surface area (Å²) in [6.07, 6.45) is -2.84. The van der Waals surface area contributed by atoms with Gasteiger partial charge in [-0.05, 0) is 40.0 Å². The molecule has 0 aliphatic heterocycles. The molecule has 1 aliphatic carbocycles. The topological polar surface area (TPSA) is 41.6 Å². The predicted octanol–water partition coefficient (Wildman–Crippen LogP) is 3.56. The molecule has 2 unspecified atom stereocenters. The number of amides is 1. The van der Waals surface area contributed by atoms with Crippen molar-refractivity contribution in [2.75, 3.05) is 20.1 Å². The Kier molecular flexibility index (Phi) is 6.52. The molecule has 22 heavy (non-hydrogen) atoms. The highest BCUT2D eigenvalue weighted by molar-refractivity contribution is 5.67. The number of halogens is 3. The molecule has 7 heteroatoms. The summed E-state index contributed by atoms with van der Waals surface area (Å²) in [4.78, 5) is 13.2. The number of hydrogen-bond donors (Lipinski definition) is 1. The van der Waals surface area contributed by atoms with Crippen molar-refractivity contribution in [3.05, 3.63) is 0 Å². The highest BCUT2D eigenvalue weighted by Crippen LogP contribution is 2.37. The zero-order chi connectivity index (χ0) is 17.0. The number of carbonyl (C=O) groups excluding carboxylic acids is 1. The molecule has 2 atom stereocenters. The van der Waals surface area contributed by atoms with Gasteiger partial charge in [0.2, 0.25) is 0 Å². The fourth-order valence-electron chi connectivity index (χ4n) is 2.54. The third kappa shape index (κ3) is 6.85. The van der Waals surface area contributed by atoms with Gasteiger partial charge in [-0.15, -0.1) is 0 Å². The summed E-state index contributed by atoms with van der Waals surface area (Å²) in [5, 5.41) is 3.12. The second-order valence-corrected chi connectivity index (χ2v) is 6.96. The lowest BCUT2D eigenvalue weighted by Crippen LogP contribution is -2.43. The van der Waals surface area contributed by atoms with Gasteiger partial charge >= 0.3 is 12.3 Å². The van der Waals surface area contributed by atoms with Crippen molar-refractivity contribution in [1.29, 1.82) is 0 Å². The summed E-state index contributed by atoms with van der Waals surface area (Å²) in [6, 6.07) is -0.132. The molecule has 1 fully saturated rings. The van der Waals surface area contributed by atoms with Crippen molar-refractivity contribution in [2.45, 2.75) is 64.3 Å². The van der Waals surface area contributed by atoms with Crippen LogP contribution in [0.4, 0.5) is 18.0 Å². The van der Waals surface area contributed by atoms with Gasteiger partial charge in [-0.1, -0.05) is 6.42 Å². The molecule has 4 nitrogen and oxygen atoms in total. The third-order valence-electron chi connectivity index (χ3n) is 3.72. The Balaban J connectivity index is 2.30. The first-order chi connectivity index (χ1) is 9.99. The van der Waals surface area contributed by atoms with Crippen LogP contribution in [0.15, 0.2) is 0 Å². The number of rotatable bonds is 4. The maximum Gasteiger partial charge on any atom is 0.410 e. The maximum atomic E-state index is 12.7. The molecule has 0 bridgehead atoms. The second kappa shape index (κ2) is 7.53. The van der Waals surface area contributed by atoms with Crippen LogP contribution in [0.1, 0.15) is 46.5 Å². The number of hydrogen-bond acceptors (Lipinski definition) is 3. The number of nitrogens with one attached hydrogen (secondary N) is 1. The molecule has 1 N–H and O–H groups in total. The number of ether oxygens (including phenoxy) is 1. The Morgan fingerprint density at radius 2 is 1.91 bits per heavy atom. The van der Waals surface area contributed by atoms with Gasteiger partial charge < -0.3 is 15.0 Å². The van der Waals surface area contributed by atoms with E-state index in [-0.39, 0.29) is 18.9 Å². The van der Waals surface area contributed by atoms with E-state index in [9.17, 15) is 18.0 Å². The lowest BCUT2D eigenvalue weighted by atomic mass is 9.85. The Morgan fingerprint density at radius 3 is 2.45 bits per heavy atom. The average Bonchev–Trinajstić information content (AvgIpc) is 2.36. The lowest BCUT2D eigenvalue weighted by Gasteiger charge is -2.31. The van der Waals surface area contributed by atoms with Crippen LogP contribution in [-0.4, -0.2) is 48.9 Å². The lowest BCUT2D eigenvalue weighted by molar-refractivity contribution is -0.183. The predicted molar refractivity (Wildman–Crippen MR) is 78.7 cm³/mol. The molecular formula is C15H27F3N2O2. The van der Waals surface area contributed by atoms with Gasteiger partial charge in [-0.25, -0.2) is 4.79 Å². The van der Waals surface area contributed by atoms with Gasteiger partial charge in [0.15, 0.2) is 0 Å². The molecule has 130 valence electrons. The largest absolute Gasteiger partial charge is 0.444 e. The highest BCUT2D eigenvalue weighted by Gasteiger charge is 2.41. The molecule has 0 aromatic heterocycles. The SMILES string of the molecule is CN(CCNC1CCCC(C(F)(F)F)C1)C(=O)OC(C)(C)C. The molecular weight excluding hydrogens is 297 g/mol. The van der Waals surface area contributed by atoms with Crippen molar-refractivity contribution < 1.29 is 22.7 Å². The maximum absolute atomic E-state index is 12.7. The van der Waals surface area contributed by atoms with Crippen LogP contribution in [0.25, 0.3) is 0 Å². The highest BCUT2D eigenvalue weighted by atomic mass is 19.4. The summed E-state index contributed by atoms with van der Waals surface area (Å²) in [6.45, 7) is 6.23. The van der Waals surface area contributed by atoms with Crippen molar-refractivity contribution in [1.82, 2.24) is 10.2 Å². The summed E-state index contributed by atoms with van der Waals surface area (Å²) in [5.74, 6) is -1.21. The minimum atomic E-state index is -4.10. The van der Waals surface area contributed by atoms with Crippen molar-refractivity contribution >= 4 is 6.09 Å². The minimum absolute atomic E-state index is 0.125. The first-order valence-corrected chi connectivity index (χ1v) is 7.73. The number of likely N-dealkylation sites (N-methyl/N-ethyl adjacent to an activating group) is 1. The number of carbonyl (C=O) groups is 1. The van der Waals surface area contributed by atoms with E-state index < -0.39 is 23.8 Å². The Morgan fingerprint density at radius 1 is 1.27 bits per heavy atom. The third-order valence-corrected chi connectivity index (χ3v) is 3.72. The van der Waals surface area contributed by atoms with E-state index in [4.69, 9.17) is 4.74 Å². The molecule has 1 amide bonds. The normalized spacial score (nSPS) is 23.2. The molecule has 0 aromatic carbocycles. The van der Waals surface area contributed by atoms with Crippen molar-refractivity contribution in [3.63, 3.8) is 0 Å². The van der Waals surface area contributed by atoms with Crippen LogP contribution in [0.5, 0.6) is 0 Å². The van der Waals surface area contributed by atoms with E-state index in [0.717, 1.165) is 6.42 Å². The Labute approximate surface area is 130 Å². The molecule has 0 spiro atoms. The van der Waals surface area contributed by atoms with Crippen molar-refractivity contribution in [2.24, 2.45) is 5.92 Å². The van der Waals surface area contributed by atoms with Gasteiger partial charge in [0.05, 0.1) is 5.92 Å². The summed E-state index contributed by atoms with van der Waals surface area (Å²) >= 11 is 0. The molecule has 1 saturated carbocycles. The minimum Gasteiger partial charge on any atom is -0.444 e. The molecule has 1 rings (SSSR count). The molecule has 1 aliphatic rings.